The Bertz CT molecular complexity index is 995. The van der Waals surface area contributed by atoms with E-state index in [2.05, 4.69) is 10.2 Å². The molecule has 2 aromatic rings. The van der Waals surface area contributed by atoms with Gasteiger partial charge in [-0.15, -0.1) is 0 Å². The number of rotatable bonds is 6. The standard InChI is InChI=1S/C23H28FN3O3S/c24-20-5-3-18(4-6-20)17-31(29,30)27-15-11-19(12-16-27)23(28)25-21-7-9-22(10-8-21)26-13-1-2-14-26/h3-10,19H,1-2,11-17H2,(H,25,28). The Morgan fingerprint density at radius 1 is 0.935 bits per heavy atom. The molecule has 0 spiro atoms. The van der Waals surface area contributed by atoms with E-state index in [0.717, 1.165) is 18.8 Å². The van der Waals surface area contributed by atoms with Crippen molar-refractivity contribution in [3.63, 3.8) is 0 Å². The van der Waals surface area contributed by atoms with Crippen molar-refractivity contribution in [1.82, 2.24) is 4.31 Å². The monoisotopic (exact) mass is 445 g/mol. The second kappa shape index (κ2) is 9.36. The molecule has 0 aromatic heterocycles. The van der Waals surface area contributed by atoms with Crippen LogP contribution in [0.15, 0.2) is 48.5 Å². The molecule has 166 valence electrons. The number of piperidine rings is 1. The summed E-state index contributed by atoms with van der Waals surface area (Å²) >= 11 is 0. The van der Waals surface area contributed by atoms with Crippen molar-refractivity contribution < 1.29 is 17.6 Å². The Hall–Kier alpha value is -2.45. The summed E-state index contributed by atoms with van der Waals surface area (Å²) in [4.78, 5) is 15.0. The number of benzene rings is 2. The summed E-state index contributed by atoms with van der Waals surface area (Å²) in [5.41, 5.74) is 2.49. The van der Waals surface area contributed by atoms with E-state index in [0.29, 0.717) is 31.5 Å². The van der Waals surface area contributed by atoms with Gasteiger partial charge < -0.3 is 10.2 Å². The molecule has 2 aromatic carbocycles. The van der Waals surface area contributed by atoms with Crippen LogP contribution in [0, 0.1) is 11.7 Å². The van der Waals surface area contributed by atoms with Gasteiger partial charge in [-0.05, 0) is 67.6 Å². The lowest BCUT2D eigenvalue weighted by Crippen LogP contribution is -2.41. The van der Waals surface area contributed by atoms with Gasteiger partial charge in [0.25, 0.3) is 0 Å². The topological polar surface area (TPSA) is 69.7 Å². The number of sulfonamides is 1. The van der Waals surface area contributed by atoms with E-state index >= 15 is 0 Å². The molecule has 0 atom stereocenters. The molecule has 0 saturated carbocycles. The van der Waals surface area contributed by atoms with Crippen LogP contribution in [0.3, 0.4) is 0 Å². The number of hydrogen-bond acceptors (Lipinski definition) is 4. The minimum Gasteiger partial charge on any atom is -0.372 e. The Balaban J connectivity index is 1.28. The van der Waals surface area contributed by atoms with Crippen LogP contribution in [0.5, 0.6) is 0 Å². The molecule has 0 aliphatic carbocycles. The third-order valence-corrected chi connectivity index (χ3v) is 7.94. The zero-order valence-electron chi connectivity index (χ0n) is 17.5. The van der Waals surface area contributed by atoms with Crippen molar-refractivity contribution in [2.75, 3.05) is 36.4 Å². The van der Waals surface area contributed by atoms with Crippen LogP contribution in [-0.2, 0) is 20.6 Å². The highest BCUT2D eigenvalue weighted by Gasteiger charge is 2.31. The number of carbonyl (C=O) groups is 1. The van der Waals surface area contributed by atoms with Gasteiger partial charge in [-0.1, -0.05) is 12.1 Å². The first-order valence-electron chi connectivity index (χ1n) is 10.8. The average molecular weight is 446 g/mol. The molecule has 4 rings (SSSR count). The van der Waals surface area contributed by atoms with E-state index in [1.54, 1.807) is 0 Å². The first-order valence-corrected chi connectivity index (χ1v) is 12.4. The number of nitrogens with zero attached hydrogens (tertiary/aromatic N) is 2. The first-order chi connectivity index (χ1) is 14.9. The van der Waals surface area contributed by atoms with Crippen LogP contribution in [0.2, 0.25) is 0 Å². The highest BCUT2D eigenvalue weighted by Crippen LogP contribution is 2.25. The number of amides is 1. The number of halogens is 1. The Morgan fingerprint density at radius 3 is 2.16 bits per heavy atom. The van der Waals surface area contributed by atoms with E-state index in [1.165, 1.54) is 47.1 Å². The molecule has 1 N–H and O–H groups in total. The SMILES string of the molecule is O=C(Nc1ccc(N2CCCC2)cc1)C1CCN(S(=O)(=O)Cc2ccc(F)cc2)CC1. The summed E-state index contributed by atoms with van der Waals surface area (Å²) in [7, 11) is -3.50. The molecule has 0 radical (unpaired) electrons. The van der Waals surface area contributed by atoms with Crippen LogP contribution < -0.4 is 10.2 Å². The van der Waals surface area contributed by atoms with Gasteiger partial charge in [0.15, 0.2) is 0 Å². The molecular weight excluding hydrogens is 417 g/mol. The third-order valence-electron chi connectivity index (χ3n) is 6.09. The maximum Gasteiger partial charge on any atom is 0.227 e. The Morgan fingerprint density at radius 2 is 1.55 bits per heavy atom. The molecule has 2 aliphatic rings. The van der Waals surface area contributed by atoms with Crippen molar-refractivity contribution in [3.05, 3.63) is 59.9 Å². The molecule has 8 heteroatoms. The maximum atomic E-state index is 13.0. The van der Waals surface area contributed by atoms with E-state index in [4.69, 9.17) is 0 Å². The Labute approximate surface area is 183 Å². The molecular formula is C23H28FN3O3S. The summed E-state index contributed by atoms with van der Waals surface area (Å²) in [6, 6.07) is 13.4. The highest BCUT2D eigenvalue weighted by atomic mass is 32.2. The van der Waals surface area contributed by atoms with Gasteiger partial charge in [-0.3, -0.25) is 4.79 Å². The van der Waals surface area contributed by atoms with Crippen molar-refractivity contribution in [2.45, 2.75) is 31.4 Å². The second-order valence-electron chi connectivity index (χ2n) is 8.29. The molecule has 1 amide bonds. The number of nitrogens with one attached hydrogen (secondary N) is 1. The predicted octanol–water partition coefficient (Wildman–Crippen LogP) is 3.61. The summed E-state index contributed by atoms with van der Waals surface area (Å²) in [6.45, 7) is 2.79. The van der Waals surface area contributed by atoms with Gasteiger partial charge in [0, 0.05) is 43.5 Å². The maximum absolute atomic E-state index is 13.0. The van der Waals surface area contributed by atoms with Crippen molar-refractivity contribution in [3.8, 4) is 0 Å². The minimum absolute atomic E-state index is 0.0653. The van der Waals surface area contributed by atoms with Gasteiger partial charge in [-0.2, -0.15) is 0 Å². The smallest absolute Gasteiger partial charge is 0.227 e. The summed E-state index contributed by atoms with van der Waals surface area (Å²) in [5, 5.41) is 2.97. The summed E-state index contributed by atoms with van der Waals surface area (Å²) < 4.78 is 39.8. The average Bonchev–Trinajstić information content (AvgIpc) is 3.31. The van der Waals surface area contributed by atoms with E-state index in [9.17, 15) is 17.6 Å². The molecule has 31 heavy (non-hydrogen) atoms. The number of anilines is 2. The molecule has 2 fully saturated rings. The molecule has 6 nitrogen and oxygen atoms in total. The lowest BCUT2D eigenvalue weighted by Gasteiger charge is -2.30. The quantitative estimate of drug-likeness (QED) is 0.738. The first kappa shape index (κ1) is 21.8. The van der Waals surface area contributed by atoms with Crippen LogP contribution >= 0.6 is 0 Å². The normalized spacial score (nSPS) is 18.3. The van der Waals surface area contributed by atoms with Crippen molar-refractivity contribution in [1.29, 1.82) is 0 Å². The van der Waals surface area contributed by atoms with Crippen molar-refractivity contribution in [2.24, 2.45) is 5.92 Å². The second-order valence-corrected chi connectivity index (χ2v) is 10.3. The molecule has 0 unspecified atom stereocenters. The number of hydrogen-bond donors (Lipinski definition) is 1. The van der Waals surface area contributed by atoms with E-state index in [1.807, 2.05) is 24.3 Å². The molecule has 0 bridgehead atoms. The number of carbonyl (C=O) groups excluding carboxylic acids is 1. The van der Waals surface area contributed by atoms with Gasteiger partial charge in [-0.25, -0.2) is 17.1 Å². The zero-order chi connectivity index (χ0) is 21.8. The van der Waals surface area contributed by atoms with Crippen LogP contribution in [0.1, 0.15) is 31.2 Å². The minimum atomic E-state index is -3.50. The summed E-state index contributed by atoms with van der Waals surface area (Å²) in [6.07, 6.45) is 3.41. The van der Waals surface area contributed by atoms with E-state index in [-0.39, 0.29) is 17.6 Å². The van der Waals surface area contributed by atoms with Gasteiger partial charge in [0.1, 0.15) is 5.82 Å². The fourth-order valence-electron chi connectivity index (χ4n) is 4.25. The Kier molecular flexibility index (Phi) is 6.57. The fourth-order valence-corrected chi connectivity index (χ4v) is 5.82. The zero-order valence-corrected chi connectivity index (χ0v) is 18.3. The van der Waals surface area contributed by atoms with Gasteiger partial charge in [0.05, 0.1) is 5.75 Å². The van der Waals surface area contributed by atoms with Gasteiger partial charge >= 0.3 is 0 Å². The molecule has 2 heterocycles. The molecule has 2 saturated heterocycles. The lowest BCUT2D eigenvalue weighted by atomic mass is 9.97. The summed E-state index contributed by atoms with van der Waals surface area (Å²) in [5.74, 6) is -0.827. The predicted molar refractivity (Wildman–Crippen MR) is 120 cm³/mol. The van der Waals surface area contributed by atoms with Crippen LogP contribution in [-0.4, -0.2) is 44.8 Å². The third kappa shape index (κ3) is 5.43. The molecule has 2 aliphatic heterocycles. The van der Waals surface area contributed by atoms with Crippen molar-refractivity contribution >= 4 is 27.3 Å². The van der Waals surface area contributed by atoms with Crippen LogP contribution in [0.25, 0.3) is 0 Å². The largest absolute Gasteiger partial charge is 0.372 e. The lowest BCUT2D eigenvalue weighted by molar-refractivity contribution is -0.120. The van der Waals surface area contributed by atoms with E-state index < -0.39 is 15.8 Å². The fraction of sp³-hybridized carbons (Fsp3) is 0.435. The van der Waals surface area contributed by atoms with Gasteiger partial charge in [0.2, 0.25) is 15.9 Å². The highest BCUT2D eigenvalue weighted by molar-refractivity contribution is 7.88. The van der Waals surface area contributed by atoms with Crippen LogP contribution in [0.4, 0.5) is 15.8 Å².